The van der Waals surface area contributed by atoms with Crippen LogP contribution in [0.2, 0.25) is 19.6 Å². The van der Waals surface area contributed by atoms with Crippen LogP contribution in [0.3, 0.4) is 0 Å². The van der Waals surface area contributed by atoms with Gasteiger partial charge in [-0.25, -0.2) is 10.8 Å². The maximum absolute atomic E-state index is 3.53. The minimum absolute atomic E-state index is 0.177. The third-order valence-corrected chi connectivity index (χ3v) is 8.76. The number of fused-ring (bicyclic) bond motifs is 3. The van der Waals surface area contributed by atoms with Crippen LogP contribution in [0.5, 0.6) is 0 Å². The molecular weight excluding hydrogens is 528 g/mol. The quantitative estimate of drug-likeness (QED) is 0.200. The molecule has 0 heterocycles. The molecule has 0 N–H and O–H groups in total. The Morgan fingerprint density at radius 2 is 1.44 bits per heavy atom. The summed E-state index contributed by atoms with van der Waals surface area (Å²) in [7, 11) is -1.07. The molecule has 4 rings (SSSR count). The molecule has 0 spiro atoms. The van der Waals surface area contributed by atoms with Gasteiger partial charge in [-0.05, 0) is 25.5 Å². The molecule has 0 saturated carbocycles. The Morgan fingerprint density at radius 3 is 1.86 bits per heavy atom. The molecule has 0 amide bonds. The van der Waals surface area contributed by atoms with E-state index in [4.69, 9.17) is 0 Å². The Hall–Kier alpha value is -1.11. The van der Waals surface area contributed by atoms with E-state index in [0.29, 0.717) is 5.92 Å². The van der Waals surface area contributed by atoms with Crippen LogP contribution < -0.4 is 0 Å². The van der Waals surface area contributed by atoms with E-state index in [1.54, 1.807) is 29.4 Å². The second-order valence-corrected chi connectivity index (χ2v) is 21.2. The Labute approximate surface area is 239 Å². The second-order valence-electron chi connectivity index (χ2n) is 13.7. The summed E-state index contributed by atoms with van der Waals surface area (Å²) in [6.45, 7) is 29.5. The predicted octanol–water partition coefficient (Wildman–Crippen LogP) is 9.59. The van der Waals surface area contributed by atoms with Gasteiger partial charge in [-0.15, -0.1) is 5.56 Å². The van der Waals surface area contributed by atoms with Gasteiger partial charge in [0, 0.05) is 0 Å². The van der Waals surface area contributed by atoms with Crippen LogP contribution in [0.4, 0.5) is 0 Å². The first-order valence-electron chi connectivity index (χ1n) is 13.3. The first kappa shape index (κ1) is 31.1. The molecular formula is C34H48SiZr. The number of benzene rings is 2. The Kier molecular flexibility index (Phi) is 10.1. The molecule has 0 aromatic heterocycles. The van der Waals surface area contributed by atoms with E-state index >= 15 is 0 Å². The molecule has 0 saturated heterocycles. The van der Waals surface area contributed by atoms with Crippen LogP contribution >= 0.6 is 0 Å². The molecule has 0 fully saturated rings. The molecule has 0 aliphatic heterocycles. The molecule has 2 aliphatic rings. The molecule has 36 heavy (non-hydrogen) atoms. The van der Waals surface area contributed by atoms with E-state index in [9.17, 15) is 0 Å². The van der Waals surface area contributed by atoms with Crippen LogP contribution in [-0.4, -0.2) is 11.3 Å². The Bertz CT molecular complexity index is 1090. The average molecular weight is 576 g/mol. The van der Waals surface area contributed by atoms with E-state index in [2.05, 4.69) is 137 Å². The molecule has 1 unspecified atom stereocenters. The Morgan fingerprint density at radius 1 is 0.917 bits per heavy atom. The third kappa shape index (κ3) is 8.46. The summed E-state index contributed by atoms with van der Waals surface area (Å²) in [5.41, 5.74) is 10.2. The second kappa shape index (κ2) is 11.7. The van der Waals surface area contributed by atoms with Crippen molar-refractivity contribution in [2.75, 3.05) is 0 Å². The van der Waals surface area contributed by atoms with Gasteiger partial charge in [-0.2, -0.15) is 35.4 Å². The summed E-state index contributed by atoms with van der Waals surface area (Å²) in [4.78, 5) is 0. The normalized spacial score (nSPS) is 16.6. The molecule has 2 aliphatic carbocycles. The zero-order chi connectivity index (χ0) is 27.6. The van der Waals surface area contributed by atoms with Crippen molar-refractivity contribution in [3.8, 4) is 11.1 Å². The summed E-state index contributed by atoms with van der Waals surface area (Å²) in [6.07, 6.45) is 6.84. The minimum atomic E-state index is -1.07. The van der Waals surface area contributed by atoms with Gasteiger partial charge in [0.25, 0.3) is 0 Å². The van der Waals surface area contributed by atoms with Crippen molar-refractivity contribution < 1.29 is 24.2 Å². The van der Waals surface area contributed by atoms with E-state index in [-0.39, 0.29) is 10.8 Å². The molecule has 192 valence electrons. The van der Waals surface area contributed by atoms with Crippen LogP contribution in [0.15, 0.2) is 47.2 Å². The van der Waals surface area contributed by atoms with E-state index < -0.39 is 8.07 Å². The first-order valence-corrected chi connectivity index (χ1v) is 18.1. The van der Waals surface area contributed by atoms with Crippen molar-refractivity contribution in [2.45, 2.75) is 106 Å². The summed E-state index contributed by atoms with van der Waals surface area (Å²) in [5.74, 6) is 0.553. The number of rotatable bonds is 1. The van der Waals surface area contributed by atoms with Crippen LogP contribution in [-0.2, 0) is 41.5 Å². The molecule has 2 aromatic rings. The maximum atomic E-state index is 3.53. The molecule has 2 aromatic carbocycles. The number of allylic oxidation sites excluding steroid dienone is 4. The van der Waals surface area contributed by atoms with Crippen molar-refractivity contribution in [2.24, 2.45) is 5.92 Å². The van der Waals surface area contributed by atoms with E-state index in [1.165, 1.54) is 42.2 Å². The van der Waals surface area contributed by atoms with Crippen LogP contribution in [0.25, 0.3) is 11.1 Å². The van der Waals surface area contributed by atoms with E-state index in [1.807, 2.05) is 0 Å². The van der Waals surface area contributed by atoms with Crippen molar-refractivity contribution in [3.63, 3.8) is 0 Å². The molecule has 1 atom stereocenters. The van der Waals surface area contributed by atoms with Crippen LogP contribution in [0.1, 0.15) is 91.5 Å². The first-order chi connectivity index (χ1) is 16.3. The molecule has 2 heteroatoms. The van der Waals surface area contributed by atoms with Gasteiger partial charge in [-0.1, -0.05) is 116 Å². The van der Waals surface area contributed by atoms with Crippen molar-refractivity contribution >= 4 is 11.3 Å². The fourth-order valence-corrected chi connectivity index (χ4v) is 6.58. The van der Waals surface area contributed by atoms with Gasteiger partial charge in [0.15, 0.2) is 0 Å². The molecule has 0 bridgehead atoms. The number of hydrogen-bond donors (Lipinski definition) is 0. The molecule has 0 radical (unpaired) electrons. The summed E-state index contributed by atoms with van der Waals surface area (Å²) in [6, 6.07) is 15.1. The fourth-order valence-electron chi connectivity index (χ4n) is 4.63. The van der Waals surface area contributed by atoms with Gasteiger partial charge in [0.1, 0.15) is 0 Å². The monoisotopic (exact) mass is 574 g/mol. The van der Waals surface area contributed by atoms with Crippen molar-refractivity contribution in [1.29, 1.82) is 0 Å². The zero-order valence-electron chi connectivity index (χ0n) is 25.2. The van der Waals surface area contributed by atoms with Gasteiger partial charge in [-0.3, -0.25) is 6.08 Å². The zero-order valence-corrected chi connectivity index (χ0v) is 28.7. The van der Waals surface area contributed by atoms with Gasteiger partial charge in [0.05, 0.1) is 0 Å². The summed E-state index contributed by atoms with van der Waals surface area (Å²) in [5, 5.41) is 1.60. The average Bonchev–Trinajstić information content (AvgIpc) is 3.24. The Balaban J connectivity index is 0.000000255. The summed E-state index contributed by atoms with van der Waals surface area (Å²) >= 11 is 1.55. The topological polar surface area (TPSA) is 0 Å². The van der Waals surface area contributed by atoms with Gasteiger partial charge < -0.3 is 0 Å². The molecule has 0 nitrogen and oxygen atoms in total. The van der Waals surface area contributed by atoms with Gasteiger partial charge >= 0.3 is 41.3 Å². The summed E-state index contributed by atoms with van der Waals surface area (Å²) < 4.78 is 1.51. The van der Waals surface area contributed by atoms with Crippen molar-refractivity contribution in [1.82, 2.24) is 0 Å². The van der Waals surface area contributed by atoms with Crippen molar-refractivity contribution in [3.05, 3.63) is 81.6 Å². The predicted molar refractivity (Wildman–Crippen MR) is 160 cm³/mol. The number of hydrogen-bond acceptors (Lipinski definition) is 0. The van der Waals surface area contributed by atoms with Crippen LogP contribution in [0, 0.1) is 18.1 Å². The third-order valence-electron chi connectivity index (χ3n) is 6.60. The SMILES string of the molecule is CC(C)(C)c1c[c-]c2c(c1)-c1cc(C(C)(C)C)ccc1C2.CC1=[C-]C(C)C=C1[Si](C)(C)C.C[C](C)=[Zr+2]. The standard InChI is InChI=1S/C21H25.C10H17Si.C3H6.Zr/c1-20(2,3)16-9-7-14-11-15-8-10-17(21(4,5)6)13-19(15)18(14)12-16;1-8-6-9(2)10(7-8)11(3,4)5;1-3-2;/h7,9-10,12-13H,11H2,1-6H3;7-8H,1-5H3;1-2H3;/q2*-1;;+2. The van der Waals surface area contributed by atoms with Gasteiger partial charge in [0.2, 0.25) is 0 Å². The fraction of sp³-hybridized carbons (Fsp3) is 0.500. The van der Waals surface area contributed by atoms with E-state index in [0.717, 1.165) is 6.42 Å².